The van der Waals surface area contributed by atoms with Crippen LogP contribution in [0.5, 0.6) is 17.2 Å². The monoisotopic (exact) mass is 462 g/mol. The molecule has 1 aliphatic heterocycles. The van der Waals surface area contributed by atoms with Crippen LogP contribution in [0.3, 0.4) is 0 Å². The number of carbonyl (C=O) groups is 2. The van der Waals surface area contributed by atoms with Crippen molar-refractivity contribution in [1.82, 2.24) is 9.80 Å². The SMILES string of the molecule is COc1ccc(CCN(C)C(=O)C2CCCN2C(=O)c2ccc3ccccc3c2O)cc1OC. The van der Waals surface area contributed by atoms with Crippen molar-refractivity contribution in [3.8, 4) is 17.2 Å². The van der Waals surface area contributed by atoms with Crippen molar-refractivity contribution < 1.29 is 24.2 Å². The van der Waals surface area contributed by atoms with Crippen molar-refractivity contribution in [1.29, 1.82) is 0 Å². The lowest BCUT2D eigenvalue weighted by atomic mass is 10.0. The summed E-state index contributed by atoms with van der Waals surface area (Å²) >= 11 is 0. The average Bonchev–Trinajstić information content (AvgIpc) is 3.36. The summed E-state index contributed by atoms with van der Waals surface area (Å²) in [7, 11) is 4.95. The highest BCUT2D eigenvalue weighted by Gasteiger charge is 2.36. The van der Waals surface area contributed by atoms with Crippen molar-refractivity contribution in [2.45, 2.75) is 25.3 Å². The van der Waals surface area contributed by atoms with E-state index in [0.29, 0.717) is 42.8 Å². The van der Waals surface area contributed by atoms with Crippen LogP contribution in [0.4, 0.5) is 0 Å². The van der Waals surface area contributed by atoms with Crippen LogP contribution in [0, 0.1) is 0 Å². The molecule has 1 heterocycles. The number of rotatable bonds is 7. The number of ether oxygens (including phenoxy) is 2. The number of aromatic hydroxyl groups is 1. The molecule has 0 radical (unpaired) electrons. The maximum Gasteiger partial charge on any atom is 0.258 e. The van der Waals surface area contributed by atoms with E-state index in [0.717, 1.165) is 17.4 Å². The highest BCUT2D eigenvalue weighted by molar-refractivity contribution is 6.05. The largest absolute Gasteiger partial charge is 0.506 e. The Bertz CT molecular complexity index is 1210. The topological polar surface area (TPSA) is 79.3 Å². The highest BCUT2D eigenvalue weighted by atomic mass is 16.5. The first-order valence-corrected chi connectivity index (χ1v) is 11.4. The van der Waals surface area contributed by atoms with Crippen LogP contribution in [0.25, 0.3) is 10.8 Å². The van der Waals surface area contributed by atoms with Crippen molar-refractivity contribution in [2.75, 3.05) is 34.4 Å². The number of benzene rings is 3. The smallest absolute Gasteiger partial charge is 0.258 e. The molecule has 1 N–H and O–H groups in total. The molecule has 34 heavy (non-hydrogen) atoms. The predicted octanol–water partition coefficient (Wildman–Crippen LogP) is 3.87. The minimum absolute atomic E-state index is 0.0389. The van der Waals surface area contributed by atoms with Crippen molar-refractivity contribution in [3.05, 3.63) is 65.7 Å². The molecule has 1 atom stereocenters. The van der Waals surface area contributed by atoms with Gasteiger partial charge in [0.25, 0.3) is 5.91 Å². The number of phenols is 1. The van der Waals surface area contributed by atoms with Crippen molar-refractivity contribution in [2.24, 2.45) is 0 Å². The van der Waals surface area contributed by atoms with Gasteiger partial charge in [-0.1, -0.05) is 36.4 Å². The van der Waals surface area contributed by atoms with E-state index in [9.17, 15) is 14.7 Å². The van der Waals surface area contributed by atoms with E-state index < -0.39 is 6.04 Å². The zero-order valence-electron chi connectivity index (χ0n) is 19.8. The number of likely N-dealkylation sites (N-methyl/N-ethyl adjacent to an activating group) is 1. The highest BCUT2D eigenvalue weighted by Crippen LogP contribution is 2.32. The van der Waals surface area contributed by atoms with Crippen LogP contribution < -0.4 is 9.47 Å². The minimum atomic E-state index is -0.534. The quantitative estimate of drug-likeness (QED) is 0.577. The molecule has 0 spiro atoms. The van der Waals surface area contributed by atoms with Gasteiger partial charge in [-0.25, -0.2) is 0 Å². The molecule has 0 saturated carbocycles. The molecule has 0 aliphatic carbocycles. The summed E-state index contributed by atoms with van der Waals surface area (Å²) in [6.45, 7) is 0.999. The summed E-state index contributed by atoms with van der Waals surface area (Å²) in [6.07, 6.45) is 2.01. The van der Waals surface area contributed by atoms with E-state index in [2.05, 4.69) is 0 Å². The molecule has 3 aromatic carbocycles. The number of amides is 2. The number of hydrogen-bond donors (Lipinski definition) is 1. The maximum absolute atomic E-state index is 13.3. The Balaban J connectivity index is 1.46. The number of carbonyl (C=O) groups excluding carboxylic acids is 2. The standard InChI is InChI=1S/C27H30N2O5/c1-28(16-14-18-10-13-23(33-2)24(17-18)34-3)27(32)22-9-6-15-29(22)26(31)21-12-11-19-7-4-5-8-20(19)25(21)30/h4-5,7-8,10-13,17,22,30H,6,9,14-16H2,1-3H3. The van der Waals surface area contributed by atoms with Gasteiger partial charge in [-0.15, -0.1) is 0 Å². The Morgan fingerprint density at radius 3 is 2.59 bits per heavy atom. The second kappa shape index (κ2) is 10.0. The lowest BCUT2D eigenvalue weighted by Crippen LogP contribution is -2.47. The fourth-order valence-electron chi connectivity index (χ4n) is 4.55. The number of hydrogen-bond acceptors (Lipinski definition) is 5. The Kier molecular flexibility index (Phi) is 6.91. The van der Waals surface area contributed by atoms with Gasteiger partial charge >= 0.3 is 0 Å². The van der Waals surface area contributed by atoms with Gasteiger partial charge in [0.1, 0.15) is 11.8 Å². The van der Waals surface area contributed by atoms with Crippen molar-refractivity contribution in [3.63, 3.8) is 0 Å². The molecule has 1 saturated heterocycles. The summed E-state index contributed by atoms with van der Waals surface area (Å²) in [5.41, 5.74) is 1.25. The van der Waals surface area contributed by atoms with E-state index >= 15 is 0 Å². The van der Waals surface area contributed by atoms with Gasteiger partial charge in [-0.2, -0.15) is 0 Å². The summed E-state index contributed by atoms with van der Waals surface area (Å²) in [6, 6.07) is 16.0. The molecule has 7 nitrogen and oxygen atoms in total. The van der Waals surface area contributed by atoms with Gasteiger partial charge in [-0.3, -0.25) is 9.59 Å². The summed E-state index contributed by atoms with van der Waals surface area (Å²) in [4.78, 5) is 29.9. The van der Waals surface area contributed by atoms with E-state index in [1.807, 2.05) is 42.5 Å². The third-order valence-electron chi connectivity index (χ3n) is 6.49. The summed E-state index contributed by atoms with van der Waals surface area (Å²) in [5, 5.41) is 12.2. The Labute approximate surface area is 199 Å². The number of methoxy groups -OCH3 is 2. The van der Waals surface area contributed by atoms with E-state index in [-0.39, 0.29) is 23.1 Å². The van der Waals surface area contributed by atoms with Crippen LogP contribution in [-0.2, 0) is 11.2 Å². The Morgan fingerprint density at radius 2 is 1.82 bits per heavy atom. The number of likely N-dealkylation sites (tertiary alicyclic amines) is 1. The van der Waals surface area contributed by atoms with Crippen LogP contribution in [0.1, 0.15) is 28.8 Å². The first kappa shape index (κ1) is 23.4. The third kappa shape index (κ3) is 4.51. The predicted molar refractivity (Wildman–Crippen MR) is 131 cm³/mol. The molecule has 0 bridgehead atoms. The van der Waals surface area contributed by atoms with Gasteiger partial charge in [-0.05, 0) is 48.4 Å². The molecular formula is C27H30N2O5. The molecular weight excluding hydrogens is 432 g/mol. The van der Waals surface area contributed by atoms with Crippen LogP contribution in [-0.4, -0.2) is 67.1 Å². The molecule has 7 heteroatoms. The molecule has 3 aromatic rings. The molecule has 1 aliphatic rings. The molecule has 1 fully saturated rings. The summed E-state index contributed by atoms with van der Waals surface area (Å²) in [5.74, 6) is 0.867. The van der Waals surface area contributed by atoms with Crippen LogP contribution >= 0.6 is 0 Å². The van der Waals surface area contributed by atoms with E-state index in [1.54, 1.807) is 43.2 Å². The van der Waals surface area contributed by atoms with Gasteiger partial charge in [0.2, 0.25) is 5.91 Å². The average molecular weight is 463 g/mol. The zero-order valence-corrected chi connectivity index (χ0v) is 19.8. The second-order valence-corrected chi connectivity index (χ2v) is 8.54. The first-order chi connectivity index (χ1) is 16.4. The fourth-order valence-corrected chi connectivity index (χ4v) is 4.55. The lowest BCUT2D eigenvalue weighted by Gasteiger charge is -2.28. The first-order valence-electron chi connectivity index (χ1n) is 11.4. The molecule has 2 amide bonds. The Hall–Kier alpha value is -3.74. The minimum Gasteiger partial charge on any atom is -0.506 e. The van der Waals surface area contributed by atoms with Crippen LogP contribution in [0.15, 0.2) is 54.6 Å². The second-order valence-electron chi connectivity index (χ2n) is 8.54. The zero-order chi connectivity index (χ0) is 24.2. The van der Waals surface area contributed by atoms with Gasteiger partial charge in [0.05, 0.1) is 19.8 Å². The summed E-state index contributed by atoms with van der Waals surface area (Å²) < 4.78 is 10.6. The molecule has 178 valence electrons. The molecule has 0 aromatic heterocycles. The number of phenolic OH excluding ortho intramolecular Hbond substituents is 1. The number of fused-ring (bicyclic) bond motifs is 1. The van der Waals surface area contributed by atoms with Gasteiger partial charge < -0.3 is 24.4 Å². The van der Waals surface area contributed by atoms with Crippen LogP contribution in [0.2, 0.25) is 0 Å². The Morgan fingerprint density at radius 1 is 1.06 bits per heavy atom. The van der Waals surface area contributed by atoms with Gasteiger partial charge in [0.15, 0.2) is 11.5 Å². The number of nitrogens with zero attached hydrogens (tertiary/aromatic N) is 2. The maximum atomic E-state index is 13.3. The molecule has 4 rings (SSSR count). The van der Waals surface area contributed by atoms with Gasteiger partial charge in [0, 0.05) is 25.5 Å². The third-order valence-corrected chi connectivity index (χ3v) is 6.49. The van der Waals surface area contributed by atoms with Crippen molar-refractivity contribution >= 4 is 22.6 Å². The van der Waals surface area contributed by atoms with E-state index in [1.165, 1.54) is 0 Å². The normalized spacial score (nSPS) is 15.4. The lowest BCUT2D eigenvalue weighted by molar-refractivity contribution is -0.133. The fraction of sp³-hybridized carbons (Fsp3) is 0.333. The van der Waals surface area contributed by atoms with E-state index in [4.69, 9.17) is 9.47 Å². The molecule has 1 unspecified atom stereocenters.